The molecule has 1 aromatic rings. The van der Waals surface area contributed by atoms with Crippen LogP contribution in [0, 0.1) is 0 Å². The van der Waals surface area contributed by atoms with Gasteiger partial charge < -0.3 is 16.0 Å². The predicted molar refractivity (Wildman–Crippen MR) is 94.3 cm³/mol. The first-order chi connectivity index (χ1) is 9.89. The Morgan fingerprint density at radius 2 is 1.95 bits per heavy atom. The van der Waals surface area contributed by atoms with Crippen LogP contribution >= 0.6 is 11.8 Å². The lowest BCUT2D eigenvalue weighted by atomic mass is 10.0. The van der Waals surface area contributed by atoms with Crippen molar-refractivity contribution in [2.45, 2.75) is 31.4 Å². The summed E-state index contributed by atoms with van der Waals surface area (Å²) in [5.74, 6) is -0.0636. The third-order valence-corrected chi connectivity index (χ3v) is 5.63. The van der Waals surface area contributed by atoms with Gasteiger partial charge in [0.15, 0.2) is 0 Å². The molecule has 0 aliphatic rings. The minimum Gasteiger partial charge on any atom is -0.399 e. The van der Waals surface area contributed by atoms with Gasteiger partial charge in [0.05, 0.1) is 5.56 Å². The Morgan fingerprint density at radius 3 is 2.43 bits per heavy atom. The number of nitrogens with one attached hydrogen (secondary N) is 1. The topological polar surface area (TPSA) is 58.4 Å². The monoisotopic (exact) mass is 309 g/mol. The van der Waals surface area contributed by atoms with E-state index >= 15 is 0 Å². The Balaban J connectivity index is 2.92. The summed E-state index contributed by atoms with van der Waals surface area (Å²) in [4.78, 5) is 14.4. The molecule has 118 valence electrons. The maximum Gasteiger partial charge on any atom is 0.253 e. The SMILES string of the molecule is CCC(CC)(CNC(=O)c1cc(N)ccc1N(C)C)SC. The molecule has 1 amide bonds. The molecule has 1 rings (SSSR count). The quantitative estimate of drug-likeness (QED) is 0.760. The Hall–Kier alpha value is -1.36. The summed E-state index contributed by atoms with van der Waals surface area (Å²) >= 11 is 1.82. The van der Waals surface area contributed by atoms with Crippen LogP contribution in [0.5, 0.6) is 0 Å². The van der Waals surface area contributed by atoms with E-state index in [1.54, 1.807) is 6.07 Å². The number of carbonyl (C=O) groups is 1. The van der Waals surface area contributed by atoms with E-state index in [-0.39, 0.29) is 10.7 Å². The fraction of sp³-hybridized carbons (Fsp3) is 0.562. The Labute approximate surface area is 132 Å². The number of benzene rings is 1. The van der Waals surface area contributed by atoms with E-state index in [2.05, 4.69) is 25.4 Å². The Bertz CT molecular complexity index is 476. The van der Waals surface area contributed by atoms with Crippen LogP contribution in [0.3, 0.4) is 0 Å². The second-order valence-corrected chi connectivity index (χ2v) is 6.72. The molecule has 0 saturated heterocycles. The molecule has 4 nitrogen and oxygen atoms in total. The number of amides is 1. The van der Waals surface area contributed by atoms with E-state index in [9.17, 15) is 4.79 Å². The van der Waals surface area contributed by atoms with Crippen LogP contribution in [0.25, 0.3) is 0 Å². The smallest absolute Gasteiger partial charge is 0.253 e. The van der Waals surface area contributed by atoms with Crippen molar-refractivity contribution in [3.05, 3.63) is 23.8 Å². The fourth-order valence-corrected chi connectivity index (χ4v) is 3.12. The van der Waals surface area contributed by atoms with Crippen molar-refractivity contribution in [2.75, 3.05) is 37.5 Å². The van der Waals surface area contributed by atoms with Crippen LogP contribution in [0.1, 0.15) is 37.0 Å². The van der Waals surface area contributed by atoms with Gasteiger partial charge in [0, 0.05) is 36.8 Å². The molecule has 0 bridgehead atoms. The number of hydrogen-bond donors (Lipinski definition) is 2. The standard InChI is InChI=1S/C16H27N3OS/c1-6-16(7-2,21-5)11-18-15(20)13-10-12(17)8-9-14(13)19(3)4/h8-10H,6-7,11,17H2,1-5H3,(H,18,20). The van der Waals surface area contributed by atoms with Gasteiger partial charge >= 0.3 is 0 Å². The minimum atomic E-state index is -0.0636. The van der Waals surface area contributed by atoms with Gasteiger partial charge in [0.25, 0.3) is 5.91 Å². The van der Waals surface area contributed by atoms with Crippen LogP contribution in [-0.4, -0.2) is 37.6 Å². The number of nitrogen functional groups attached to an aromatic ring is 1. The van der Waals surface area contributed by atoms with Crippen LogP contribution in [0.4, 0.5) is 11.4 Å². The second kappa shape index (κ2) is 7.59. The molecule has 0 heterocycles. The average Bonchev–Trinajstić information content (AvgIpc) is 2.48. The maximum absolute atomic E-state index is 12.5. The van der Waals surface area contributed by atoms with Gasteiger partial charge in [-0.1, -0.05) is 13.8 Å². The minimum absolute atomic E-state index is 0.0636. The molecule has 21 heavy (non-hydrogen) atoms. The van der Waals surface area contributed by atoms with Gasteiger partial charge in [-0.3, -0.25) is 4.79 Å². The number of rotatable bonds is 7. The summed E-state index contributed by atoms with van der Waals surface area (Å²) in [5, 5.41) is 3.07. The third kappa shape index (κ3) is 4.30. The lowest BCUT2D eigenvalue weighted by Crippen LogP contribution is -2.40. The molecule has 0 aromatic heterocycles. The van der Waals surface area contributed by atoms with Crippen molar-refractivity contribution in [2.24, 2.45) is 0 Å². The number of nitrogens with two attached hydrogens (primary N) is 1. The van der Waals surface area contributed by atoms with Crippen molar-refractivity contribution in [3.8, 4) is 0 Å². The summed E-state index contributed by atoms with van der Waals surface area (Å²) in [7, 11) is 3.85. The highest BCUT2D eigenvalue weighted by atomic mass is 32.2. The van der Waals surface area contributed by atoms with Crippen molar-refractivity contribution >= 4 is 29.0 Å². The zero-order valence-electron chi connectivity index (χ0n) is 13.7. The molecule has 1 aromatic carbocycles. The first-order valence-corrected chi connectivity index (χ1v) is 8.51. The van der Waals surface area contributed by atoms with Crippen molar-refractivity contribution < 1.29 is 4.79 Å². The number of anilines is 2. The highest BCUT2D eigenvalue weighted by Gasteiger charge is 2.26. The van der Waals surface area contributed by atoms with Gasteiger partial charge in [-0.15, -0.1) is 0 Å². The van der Waals surface area contributed by atoms with E-state index in [1.165, 1.54) is 0 Å². The zero-order valence-corrected chi connectivity index (χ0v) is 14.5. The molecule has 0 atom stereocenters. The first kappa shape index (κ1) is 17.7. The molecule has 0 aliphatic heterocycles. The average molecular weight is 309 g/mol. The van der Waals surface area contributed by atoms with E-state index in [0.29, 0.717) is 17.8 Å². The fourth-order valence-electron chi connectivity index (χ4n) is 2.32. The van der Waals surface area contributed by atoms with Gasteiger partial charge in [0.2, 0.25) is 0 Å². The predicted octanol–water partition coefficient (Wildman–Crippen LogP) is 2.99. The van der Waals surface area contributed by atoms with Crippen molar-refractivity contribution in [1.29, 1.82) is 0 Å². The van der Waals surface area contributed by atoms with Gasteiger partial charge in [-0.05, 0) is 37.3 Å². The molecular weight excluding hydrogens is 282 g/mol. The van der Waals surface area contributed by atoms with Gasteiger partial charge in [-0.25, -0.2) is 0 Å². The molecule has 0 fully saturated rings. The van der Waals surface area contributed by atoms with Crippen LogP contribution < -0.4 is 16.0 Å². The number of nitrogens with zero attached hydrogens (tertiary/aromatic N) is 1. The first-order valence-electron chi connectivity index (χ1n) is 7.29. The molecule has 0 unspecified atom stereocenters. The molecular formula is C16H27N3OS. The molecule has 5 heteroatoms. The molecule has 0 radical (unpaired) electrons. The van der Waals surface area contributed by atoms with E-state index < -0.39 is 0 Å². The van der Waals surface area contributed by atoms with Gasteiger partial charge in [0.1, 0.15) is 0 Å². The highest BCUT2D eigenvalue weighted by molar-refractivity contribution is 8.00. The van der Waals surface area contributed by atoms with E-state index in [4.69, 9.17) is 5.73 Å². The number of thioether (sulfide) groups is 1. The summed E-state index contributed by atoms with van der Waals surface area (Å²) < 4.78 is 0.105. The summed E-state index contributed by atoms with van der Waals surface area (Å²) in [6.45, 7) is 5.00. The lowest BCUT2D eigenvalue weighted by molar-refractivity contribution is 0.0949. The zero-order chi connectivity index (χ0) is 16.0. The summed E-state index contributed by atoms with van der Waals surface area (Å²) in [6, 6.07) is 5.44. The summed E-state index contributed by atoms with van der Waals surface area (Å²) in [6.07, 6.45) is 4.16. The molecule has 0 aliphatic carbocycles. The largest absolute Gasteiger partial charge is 0.399 e. The second-order valence-electron chi connectivity index (χ2n) is 5.45. The van der Waals surface area contributed by atoms with Crippen molar-refractivity contribution in [3.63, 3.8) is 0 Å². The molecule has 0 spiro atoms. The van der Waals surface area contributed by atoms with E-state index in [0.717, 1.165) is 18.5 Å². The maximum atomic E-state index is 12.5. The summed E-state index contributed by atoms with van der Waals surface area (Å²) in [5.41, 5.74) is 7.93. The Morgan fingerprint density at radius 1 is 1.33 bits per heavy atom. The van der Waals surface area contributed by atoms with Gasteiger partial charge in [-0.2, -0.15) is 11.8 Å². The lowest BCUT2D eigenvalue weighted by Gasteiger charge is -2.30. The third-order valence-electron chi connectivity index (χ3n) is 4.04. The molecule has 3 N–H and O–H groups in total. The normalized spacial score (nSPS) is 11.3. The van der Waals surface area contributed by atoms with Crippen LogP contribution in [0.15, 0.2) is 18.2 Å². The van der Waals surface area contributed by atoms with Crippen LogP contribution in [0.2, 0.25) is 0 Å². The van der Waals surface area contributed by atoms with Crippen LogP contribution in [-0.2, 0) is 0 Å². The van der Waals surface area contributed by atoms with Crippen molar-refractivity contribution in [1.82, 2.24) is 5.32 Å². The van der Waals surface area contributed by atoms with E-state index in [1.807, 2.05) is 42.9 Å². The number of hydrogen-bond acceptors (Lipinski definition) is 4. The number of carbonyl (C=O) groups excluding carboxylic acids is 1. The molecule has 0 saturated carbocycles. The highest BCUT2D eigenvalue weighted by Crippen LogP contribution is 2.30. The Kier molecular flexibility index (Phi) is 6.40.